The molecule has 2 aliphatic heterocycles. The summed E-state index contributed by atoms with van der Waals surface area (Å²) in [5.74, 6) is 0.758. The lowest BCUT2D eigenvalue weighted by Gasteiger charge is -2.21. The molecule has 0 radical (unpaired) electrons. The van der Waals surface area contributed by atoms with Crippen LogP contribution in [0.25, 0.3) is 0 Å². The Morgan fingerprint density at radius 3 is 2.70 bits per heavy atom. The number of benzene rings is 1. The summed E-state index contributed by atoms with van der Waals surface area (Å²) >= 11 is 0. The van der Waals surface area contributed by atoms with Gasteiger partial charge in [-0.15, -0.1) is 0 Å². The zero-order valence-corrected chi connectivity index (χ0v) is 13.7. The van der Waals surface area contributed by atoms with Crippen molar-refractivity contribution in [1.82, 2.24) is 10.2 Å². The van der Waals surface area contributed by atoms with E-state index in [-0.39, 0.29) is 29.8 Å². The second-order valence-corrected chi connectivity index (χ2v) is 6.77. The van der Waals surface area contributed by atoms with Crippen LogP contribution in [0.5, 0.6) is 0 Å². The predicted octanol–water partition coefficient (Wildman–Crippen LogP) is 1.55. The molecule has 2 heterocycles. The fourth-order valence-electron chi connectivity index (χ4n) is 3.47. The molecule has 0 unspecified atom stereocenters. The van der Waals surface area contributed by atoms with E-state index in [1.807, 2.05) is 49.1 Å². The number of rotatable bonds is 4. The van der Waals surface area contributed by atoms with Gasteiger partial charge in [-0.25, -0.2) is 0 Å². The van der Waals surface area contributed by atoms with Crippen molar-refractivity contribution in [2.75, 3.05) is 26.2 Å². The highest BCUT2D eigenvalue weighted by Gasteiger charge is 2.45. The topological polar surface area (TPSA) is 58.6 Å². The molecule has 2 fully saturated rings. The first-order valence-corrected chi connectivity index (χ1v) is 8.30. The number of nitrogens with one attached hydrogen (secondary N) is 1. The molecule has 0 aliphatic carbocycles. The number of amides is 2. The lowest BCUT2D eigenvalue weighted by atomic mass is 9.93. The van der Waals surface area contributed by atoms with E-state index in [9.17, 15) is 9.59 Å². The van der Waals surface area contributed by atoms with Gasteiger partial charge in [-0.3, -0.25) is 9.59 Å². The van der Waals surface area contributed by atoms with Gasteiger partial charge in [0.1, 0.15) is 0 Å². The molecule has 5 nitrogen and oxygen atoms in total. The summed E-state index contributed by atoms with van der Waals surface area (Å²) in [4.78, 5) is 26.2. The highest BCUT2D eigenvalue weighted by molar-refractivity contribution is 5.94. The van der Waals surface area contributed by atoms with Gasteiger partial charge < -0.3 is 15.0 Å². The van der Waals surface area contributed by atoms with Gasteiger partial charge in [-0.05, 0) is 12.1 Å². The molecule has 3 atom stereocenters. The number of carbonyl (C=O) groups is 2. The summed E-state index contributed by atoms with van der Waals surface area (Å²) in [6.45, 7) is 6.54. The summed E-state index contributed by atoms with van der Waals surface area (Å²) in [5, 5.41) is 3.00. The number of hydrogen-bond donors (Lipinski definition) is 1. The Bertz CT molecular complexity index is 573. The minimum Gasteiger partial charge on any atom is -0.376 e. The molecule has 0 bridgehead atoms. The van der Waals surface area contributed by atoms with Crippen LogP contribution in [0, 0.1) is 17.8 Å². The molecular weight excluding hydrogens is 292 g/mol. The van der Waals surface area contributed by atoms with Crippen molar-refractivity contribution in [3.05, 3.63) is 35.9 Å². The molecule has 0 spiro atoms. The first kappa shape index (κ1) is 16.0. The molecule has 1 aromatic carbocycles. The Labute approximate surface area is 137 Å². The van der Waals surface area contributed by atoms with Gasteiger partial charge >= 0.3 is 0 Å². The van der Waals surface area contributed by atoms with Gasteiger partial charge in [0.15, 0.2) is 0 Å². The van der Waals surface area contributed by atoms with Crippen molar-refractivity contribution in [2.24, 2.45) is 17.8 Å². The van der Waals surface area contributed by atoms with Crippen LogP contribution in [0.15, 0.2) is 30.3 Å². The maximum Gasteiger partial charge on any atom is 0.251 e. The summed E-state index contributed by atoms with van der Waals surface area (Å²) < 4.78 is 5.84. The van der Waals surface area contributed by atoms with Gasteiger partial charge in [-0.2, -0.15) is 0 Å². The van der Waals surface area contributed by atoms with Gasteiger partial charge in [0.25, 0.3) is 5.91 Å². The van der Waals surface area contributed by atoms with E-state index in [0.29, 0.717) is 31.2 Å². The van der Waals surface area contributed by atoms with Crippen molar-refractivity contribution < 1.29 is 14.3 Å². The minimum atomic E-state index is -0.0536. The largest absolute Gasteiger partial charge is 0.376 e. The molecular formula is C18H24N2O3. The van der Waals surface area contributed by atoms with E-state index in [2.05, 4.69) is 5.32 Å². The van der Waals surface area contributed by atoms with Crippen LogP contribution in [0.1, 0.15) is 24.2 Å². The van der Waals surface area contributed by atoms with E-state index in [0.717, 1.165) is 6.54 Å². The van der Waals surface area contributed by atoms with Crippen LogP contribution in [-0.2, 0) is 9.53 Å². The molecule has 2 amide bonds. The zero-order chi connectivity index (χ0) is 16.4. The molecule has 5 heteroatoms. The van der Waals surface area contributed by atoms with Gasteiger partial charge in [-0.1, -0.05) is 32.0 Å². The molecule has 23 heavy (non-hydrogen) atoms. The second kappa shape index (κ2) is 6.71. The number of likely N-dealkylation sites (tertiary alicyclic amines) is 1. The average molecular weight is 316 g/mol. The first-order chi connectivity index (χ1) is 11.1. The minimum absolute atomic E-state index is 0.0186. The fraction of sp³-hybridized carbons (Fsp3) is 0.556. The van der Waals surface area contributed by atoms with E-state index < -0.39 is 0 Å². The van der Waals surface area contributed by atoms with Crippen LogP contribution in [0.4, 0.5) is 0 Å². The molecule has 2 aliphatic rings. The SMILES string of the molecule is CC(C)C(=O)N1C[C@@H]2[C@H](CNC(=O)c3ccccc3)CO[C@@H]2C1. The van der Waals surface area contributed by atoms with Gasteiger partial charge in [0, 0.05) is 43.0 Å². The van der Waals surface area contributed by atoms with Crippen molar-refractivity contribution >= 4 is 11.8 Å². The van der Waals surface area contributed by atoms with E-state index in [1.165, 1.54) is 0 Å². The summed E-state index contributed by atoms with van der Waals surface area (Å²) in [6, 6.07) is 9.22. The molecule has 1 aromatic rings. The Kier molecular flexibility index (Phi) is 4.66. The molecule has 2 saturated heterocycles. The smallest absolute Gasteiger partial charge is 0.251 e. The van der Waals surface area contributed by atoms with Crippen molar-refractivity contribution in [2.45, 2.75) is 20.0 Å². The van der Waals surface area contributed by atoms with Crippen molar-refractivity contribution in [3.63, 3.8) is 0 Å². The summed E-state index contributed by atoms with van der Waals surface area (Å²) in [6.07, 6.45) is 0.122. The van der Waals surface area contributed by atoms with Gasteiger partial charge in [0.2, 0.25) is 5.91 Å². The summed E-state index contributed by atoms with van der Waals surface area (Å²) in [7, 11) is 0. The third-order valence-electron chi connectivity index (χ3n) is 4.81. The zero-order valence-electron chi connectivity index (χ0n) is 13.7. The Morgan fingerprint density at radius 2 is 2.00 bits per heavy atom. The predicted molar refractivity (Wildman–Crippen MR) is 86.9 cm³/mol. The molecule has 1 N–H and O–H groups in total. The maximum atomic E-state index is 12.1. The number of nitrogens with zero attached hydrogens (tertiary/aromatic N) is 1. The third kappa shape index (κ3) is 3.39. The standard InChI is InChI=1S/C18H24N2O3/c1-12(2)18(22)20-9-15-14(11-23-16(15)10-20)8-19-17(21)13-6-4-3-5-7-13/h3-7,12,14-16H,8-11H2,1-2H3,(H,19,21)/t14-,15-,16-/m1/s1. The Morgan fingerprint density at radius 1 is 1.26 bits per heavy atom. The maximum absolute atomic E-state index is 12.1. The van der Waals surface area contributed by atoms with E-state index in [4.69, 9.17) is 4.74 Å². The number of hydrogen-bond acceptors (Lipinski definition) is 3. The molecule has 0 saturated carbocycles. The van der Waals surface area contributed by atoms with Crippen LogP contribution in [0.3, 0.4) is 0 Å². The quantitative estimate of drug-likeness (QED) is 0.917. The van der Waals surface area contributed by atoms with E-state index in [1.54, 1.807) is 0 Å². The monoisotopic (exact) mass is 316 g/mol. The molecule has 0 aromatic heterocycles. The lowest BCUT2D eigenvalue weighted by Crippen LogP contribution is -2.36. The first-order valence-electron chi connectivity index (χ1n) is 8.30. The number of carbonyl (C=O) groups excluding carboxylic acids is 2. The molecule has 124 valence electrons. The van der Waals surface area contributed by atoms with Crippen LogP contribution >= 0.6 is 0 Å². The highest BCUT2D eigenvalue weighted by Crippen LogP contribution is 2.33. The second-order valence-electron chi connectivity index (χ2n) is 6.77. The highest BCUT2D eigenvalue weighted by atomic mass is 16.5. The van der Waals surface area contributed by atoms with Gasteiger partial charge in [0.05, 0.1) is 12.7 Å². The van der Waals surface area contributed by atoms with Crippen LogP contribution < -0.4 is 5.32 Å². The average Bonchev–Trinajstić information content (AvgIpc) is 3.13. The van der Waals surface area contributed by atoms with Crippen molar-refractivity contribution in [3.8, 4) is 0 Å². The van der Waals surface area contributed by atoms with Crippen LogP contribution in [-0.4, -0.2) is 49.1 Å². The Hall–Kier alpha value is -1.88. The lowest BCUT2D eigenvalue weighted by molar-refractivity contribution is -0.134. The fourth-order valence-corrected chi connectivity index (χ4v) is 3.47. The Balaban J connectivity index is 1.54. The normalized spacial score (nSPS) is 26.4. The van der Waals surface area contributed by atoms with E-state index >= 15 is 0 Å². The van der Waals surface area contributed by atoms with Crippen LogP contribution in [0.2, 0.25) is 0 Å². The van der Waals surface area contributed by atoms with Crippen molar-refractivity contribution in [1.29, 1.82) is 0 Å². The third-order valence-corrected chi connectivity index (χ3v) is 4.81. The number of fused-ring (bicyclic) bond motifs is 1. The molecule has 3 rings (SSSR count). The summed E-state index contributed by atoms with van der Waals surface area (Å²) in [5.41, 5.74) is 0.672. The number of ether oxygens (including phenoxy) is 1.